The first-order valence-electron chi connectivity index (χ1n) is 9.57. The number of halogens is 2. The Bertz CT molecular complexity index is 619. The highest BCUT2D eigenvalue weighted by atomic mass is 35.5. The molecular formula is C20H30Cl2N4. The number of aromatic amines is 1. The van der Waals surface area contributed by atoms with Crippen molar-refractivity contribution >= 4 is 23.2 Å². The minimum Gasteiger partial charge on any atom is -0.316 e. The van der Waals surface area contributed by atoms with E-state index in [4.69, 9.17) is 23.2 Å². The molecule has 0 amide bonds. The van der Waals surface area contributed by atoms with Gasteiger partial charge in [0.1, 0.15) is 5.82 Å². The molecule has 1 atom stereocenters. The van der Waals surface area contributed by atoms with Crippen molar-refractivity contribution in [1.82, 2.24) is 20.5 Å². The number of aryl methyl sites for hydroxylation is 1. The number of H-pyrrole nitrogens is 1. The Morgan fingerprint density at radius 2 is 1.92 bits per heavy atom. The highest BCUT2D eigenvalue weighted by Crippen LogP contribution is 2.32. The molecule has 3 rings (SSSR count). The molecule has 0 radical (unpaired) electrons. The maximum atomic E-state index is 5.58. The number of benzene rings is 1. The molecule has 0 spiro atoms. The predicted molar refractivity (Wildman–Crippen MR) is 110 cm³/mol. The molecule has 2 aromatic rings. The standard InChI is InChI=1S/C14H26N4.C6H4Cl2/c1-3-7-15-10-13(8-12-5-4-6-12)9-14-16-11(2)17-18-14;7-5-3-1-2-4-6(5)8/h12-13,15H,3-10H2,1-2H3,(H,16,17,18);1-4H. The fourth-order valence-electron chi connectivity index (χ4n) is 3.10. The van der Waals surface area contributed by atoms with Crippen molar-refractivity contribution in [3.63, 3.8) is 0 Å². The van der Waals surface area contributed by atoms with Crippen molar-refractivity contribution in [3.05, 3.63) is 46.0 Å². The van der Waals surface area contributed by atoms with Crippen molar-refractivity contribution in [1.29, 1.82) is 0 Å². The highest BCUT2D eigenvalue weighted by molar-refractivity contribution is 6.41. The quantitative estimate of drug-likeness (QED) is 0.582. The summed E-state index contributed by atoms with van der Waals surface area (Å²) in [7, 11) is 0. The van der Waals surface area contributed by atoms with E-state index in [0.29, 0.717) is 16.0 Å². The van der Waals surface area contributed by atoms with E-state index in [-0.39, 0.29) is 0 Å². The Balaban J connectivity index is 0.000000254. The van der Waals surface area contributed by atoms with Crippen molar-refractivity contribution in [2.24, 2.45) is 11.8 Å². The van der Waals surface area contributed by atoms with Crippen LogP contribution in [-0.4, -0.2) is 28.3 Å². The van der Waals surface area contributed by atoms with Gasteiger partial charge >= 0.3 is 0 Å². The molecular weight excluding hydrogens is 367 g/mol. The molecule has 26 heavy (non-hydrogen) atoms. The summed E-state index contributed by atoms with van der Waals surface area (Å²) in [5.74, 6) is 3.56. The Kier molecular flexibility index (Phi) is 9.44. The van der Waals surface area contributed by atoms with E-state index in [1.165, 1.54) is 32.1 Å². The molecule has 1 aliphatic rings. The summed E-state index contributed by atoms with van der Waals surface area (Å²) in [5, 5.41) is 12.0. The molecule has 0 saturated heterocycles. The second kappa shape index (κ2) is 11.6. The highest BCUT2D eigenvalue weighted by Gasteiger charge is 2.23. The SMILES string of the molecule is CCCNCC(Cc1n[nH]c(C)n1)CC1CCC1.Clc1ccccc1Cl. The number of rotatable bonds is 8. The first-order valence-corrected chi connectivity index (χ1v) is 10.3. The van der Waals surface area contributed by atoms with Crippen LogP contribution < -0.4 is 5.32 Å². The van der Waals surface area contributed by atoms with Gasteiger partial charge in [0.25, 0.3) is 0 Å². The molecule has 1 heterocycles. The monoisotopic (exact) mass is 396 g/mol. The average Bonchev–Trinajstić information content (AvgIpc) is 2.99. The summed E-state index contributed by atoms with van der Waals surface area (Å²) in [4.78, 5) is 4.44. The van der Waals surface area contributed by atoms with Crippen molar-refractivity contribution in [2.45, 2.75) is 52.4 Å². The van der Waals surface area contributed by atoms with Gasteiger partial charge in [-0.2, -0.15) is 5.10 Å². The van der Waals surface area contributed by atoms with Crippen LogP contribution in [0, 0.1) is 18.8 Å². The van der Waals surface area contributed by atoms with Crippen LogP contribution in [0.1, 0.15) is 50.7 Å². The van der Waals surface area contributed by atoms with E-state index >= 15 is 0 Å². The Hall–Kier alpha value is -1.10. The van der Waals surface area contributed by atoms with E-state index < -0.39 is 0 Å². The third-order valence-electron chi connectivity index (χ3n) is 4.69. The lowest BCUT2D eigenvalue weighted by Gasteiger charge is -2.29. The summed E-state index contributed by atoms with van der Waals surface area (Å²) >= 11 is 11.2. The first kappa shape index (κ1) is 21.2. The summed E-state index contributed by atoms with van der Waals surface area (Å²) in [6.45, 7) is 6.41. The summed E-state index contributed by atoms with van der Waals surface area (Å²) in [6, 6.07) is 7.19. The van der Waals surface area contributed by atoms with Gasteiger partial charge in [0.15, 0.2) is 5.82 Å². The molecule has 1 fully saturated rings. The third-order valence-corrected chi connectivity index (χ3v) is 5.45. The molecule has 0 bridgehead atoms. The van der Waals surface area contributed by atoms with E-state index in [9.17, 15) is 0 Å². The van der Waals surface area contributed by atoms with Crippen LogP contribution in [0.4, 0.5) is 0 Å². The number of hydrogen-bond acceptors (Lipinski definition) is 3. The van der Waals surface area contributed by atoms with Crippen LogP contribution in [0.25, 0.3) is 0 Å². The lowest BCUT2D eigenvalue weighted by molar-refractivity contribution is 0.242. The van der Waals surface area contributed by atoms with Crippen LogP contribution in [0.3, 0.4) is 0 Å². The second-order valence-electron chi connectivity index (χ2n) is 7.06. The van der Waals surface area contributed by atoms with Crippen molar-refractivity contribution in [2.75, 3.05) is 13.1 Å². The van der Waals surface area contributed by atoms with Gasteiger partial charge in [0, 0.05) is 6.42 Å². The number of hydrogen-bond donors (Lipinski definition) is 2. The summed E-state index contributed by atoms with van der Waals surface area (Å²) in [5.41, 5.74) is 0. The minimum atomic E-state index is 0.606. The van der Waals surface area contributed by atoms with E-state index in [0.717, 1.165) is 37.1 Å². The van der Waals surface area contributed by atoms with Gasteiger partial charge in [-0.1, -0.05) is 61.5 Å². The van der Waals surface area contributed by atoms with Crippen molar-refractivity contribution in [3.8, 4) is 0 Å². The van der Waals surface area contributed by atoms with Gasteiger partial charge < -0.3 is 5.32 Å². The maximum absolute atomic E-state index is 5.58. The van der Waals surface area contributed by atoms with Gasteiger partial charge in [-0.3, -0.25) is 5.10 Å². The molecule has 1 aromatic carbocycles. The van der Waals surface area contributed by atoms with Gasteiger partial charge in [0.2, 0.25) is 0 Å². The third kappa shape index (κ3) is 7.65. The lowest BCUT2D eigenvalue weighted by atomic mass is 9.78. The number of nitrogens with one attached hydrogen (secondary N) is 2. The Morgan fingerprint density at radius 1 is 1.23 bits per heavy atom. The number of aromatic nitrogens is 3. The lowest BCUT2D eigenvalue weighted by Crippen LogP contribution is -2.28. The molecule has 2 N–H and O–H groups in total. The summed E-state index contributed by atoms with van der Waals surface area (Å²) in [6.07, 6.45) is 7.84. The van der Waals surface area contributed by atoms with Gasteiger partial charge in [-0.05, 0) is 56.8 Å². The topological polar surface area (TPSA) is 53.6 Å². The molecule has 1 unspecified atom stereocenters. The van der Waals surface area contributed by atoms with Crippen LogP contribution in [-0.2, 0) is 6.42 Å². The number of nitrogens with zero attached hydrogens (tertiary/aromatic N) is 2. The molecule has 144 valence electrons. The molecule has 4 nitrogen and oxygen atoms in total. The normalized spacial score (nSPS) is 15.1. The fraction of sp³-hybridized carbons (Fsp3) is 0.600. The summed E-state index contributed by atoms with van der Waals surface area (Å²) < 4.78 is 0. The zero-order valence-corrected chi connectivity index (χ0v) is 17.3. The molecule has 1 saturated carbocycles. The Morgan fingerprint density at radius 3 is 2.38 bits per heavy atom. The largest absolute Gasteiger partial charge is 0.316 e. The second-order valence-corrected chi connectivity index (χ2v) is 7.87. The average molecular weight is 397 g/mol. The molecule has 6 heteroatoms. The zero-order valence-electron chi connectivity index (χ0n) is 15.8. The van der Waals surface area contributed by atoms with Crippen molar-refractivity contribution < 1.29 is 0 Å². The van der Waals surface area contributed by atoms with E-state index in [2.05, 4.69) is 27.4 Å². The zero-order chi connectivity index (χ0) is 18.8. The molecule has 1 aromatic heterocycles. The minimum absolute atomic E-state index is 0.606. The van der Waals surface area contributed by atoms with Crippen LogP contribution in [0.15, 0.2) is 24.3 Å². The predicted octanol–water partition coefficient (Wildman–Crippen LogP) is 5.46. The fourth-order valence-corrected chi connectivity index (χ4v) is 3.37. The van der Waals surface area contributed by atoms with Gasteiger partial charge in [0.05, 0.1) is 10.0 Å². The van der Waals surface area contributed by atoms with E-state index in [1.54, 1.807) is 12.1 Å². The van der Waals surface area contributed by atoms with Crippen LogP contribution in [0.5, 0.6) is 0 Å². The molecule has 0 aliphatic heterocycles. The van der Waals surface area contributed by atoms with Gasteiger partial charge in [-0.25, -0.2) is 4.98 Å². The Labute approximate surface area is 167 Å². The van der Waals surface area contributed by atoms with Gasteiger partial charge in [-0.15, -0.1) is 0 Å². The smallest absolute Gasteiger partial charge is 0.151 e. The van der Waals surface area contributed by atoms with Crippen LogP contribution >= 0.6 is 23.2 Å². The van der Waals surface area contributed by atoms with Crippen LogP contribution in [0.2, 0.25) is 10.0 Å². The first-order chi connectivity index (χ1) is 12.6. The molecule has 1 aliphatic carbocycles. The maximum Gasteiger partial charge on any atom is 0.151 e. The van der Waals surface area contributed by atoms with E-state index in [1.807, 2.05) is 19.1 Å².